The first-order chi connectivity index (χ1) is 13.6. The van der Waals surface area contributed by atoms with Crippen molar-refractivity contribution in [2.24, 2.45) is 34.5 Å². The van der Waals surface area contributed by atoms with Crippen molar-refractivity contribution in [3.63, 3.8) is 0 Å². The molecule has 2 nitrogen and oxygen atoms in total. The lowest BCUT2D eigenvalue weighted by atomic mass is 9.65. The highest BCUT2D eigenvalue weighted by atomic mass is 19.4. The van der Waals surface area contributed by atoms with E-state index >= 15 is 0 Å². The van der Waals surface area contributed by atoms with E-state index in [9.17, 15) is 57.5 Å². The number of rotatable bonds is 4. The summed E-state index contributed by atoms with van der Waals surface area (Å²) in [6.07, 6.45) is -29.6. The Hall–Kier alpha value is -1.37. The van der Waals surface area contributed by atoms with Gasteiger partial charge in [-0.3, -0.25) is 4.79 Å². The van der Waals surface area contributed by atoms with Crippen LogP contribution in [0.3, 0.4) is 0 Å². The van der Waals surface area contributed by atoms with E-state index in [1.807, 2.05) is 0 Å². The van der Waals surface area contributed by atoms with Crippen LogP contribution < -0.4 is 0 Å². The van der Waals surface area contributed by atoms with Crippen molar-refractivity contribution in [2.45, 2.75) is 57.8 Å². The number of halogens is 12. The molecule has 2 aliphatic carbocycles. The zero-order valence-electron chi connectivity index (χ0n) is 16.0. The lowest BCUT2D eigenvalue weighted by Gasteiger charge is -2.42. The summed E-state index contributed by atoms with van der Waals surface area (Å²) in [7, 11) is 0. The minimum absolute atomic E-state index is 0.0610. The summed E-state index contributed by atoms with van der Waals surface area (Å²) < 4.78 is 162. The van der Waals surface area contributed by atoms with Gasteiger partial charge in [-0.2, -0.15) is 52.7 Å². The molecule has 5 unspecified atom stereocenters. The molecule has 0 aromatic rings. The third-order valence-electron chi connectivity index (χ3n) is 7.01. The minimum atomic E-state index is -6.88. The fourth-order valence-electron chi connectivity index (χ4n) is 5.04. The molecule has 0 heterocycles. The Morgan fingerprint density at radius 3 is 1.61 bits per heavy atom. The van der Waals surface area contributed by atoms with Crippen LogP contribution in [0.15, 0.2) is 0 Å². The molecule has 0 amide bonds. The van der Waals surface area contributed by atoms with Gasteiger partial charge in [-0.25, -0.2) is 0 Å². The van der Waals surface area contributed by atoms with Gasteiger partial charge in [-0.1, -0.05) is 13.8 Å². The second kappa shape index (κ2) is 7.32. The highest BCUT2D eigenvalue weighted by Crippen LogP contribution is 2.67. The van der Waals surface area contributed by atoms with Gasteiger partial charge in [-0.05, 0) is 36.5 Å². The van der Waals surface area contributed by atoms with E-state index in [1.54, 1.807) is 6.92 Å². The summed E-state index contributed by atoms with van der Waals surface area (Å²) in [4.78, 5) is 12.3. The molecule has 0 radical (unpaired) electrons. The number of hydrogen-bond donors (Lipinski definition) is 0. The monoisotopic (exact) mass is 482 g/mol. The van der Waals surface area contributed by atoms with Crippen LogP contribution in [0.1, 0.15) is 33.1 Å². The zero-order valence-corrected chi connectivity index (χ0v) is 16.0. The van der Waals surface area contributed by atoms with E-state index in [2.05, 4.69) is 4.74 Å². The van der Waals surface area contributed by atoms with Crippen molar-refractivity contribution in [1.82, 2.24) is 0 Å². The molecule has 5 atom stereocenters. The molecule has 0 N–H and O–H groups in total. The van der Waals surface area contributed by atoms with Gasteiger partial charge in [0.05, 0.1) is 6.61 Å². The van der Waals surface area contributed by atoms with E-state index in [0.29, 0.717) is 0 Å². The standard InChI is InChI=1S/C17H18F12O2/c1-7-8(2)10-5-9(7)6-12(10,14(18,19)20)11(30)31-4-3-13(15(21,22)23,16(24,25)26)17(27,28)29/h7-10H,3-6H2,1-2H3. The van der Waals surface area contributed by atoms with Crippen LogP contribution in [0.2, 0.25) is 0 Å². The third-order valence-corrected chi connectivity index (χ3v) is 7.01. The van der Waals surface area contributed by atoms with Gasteiger partial charge in [-0.15, -0.1) is 0 Å². The number of hydrogen-bond acceptors (Lipinski definition) is 2. The van der Waals surface area contributed by atoms with Crippen LogP contribution in [-0.2, 0) is 9.53 Å². The number of ether oxygens (including phenoxy) is 1. The number of carbonyl (C=O) groups is 1. The molecule has 0 aromatic carbocycles. The topological polar surface area (TPSA) is 26.3 Å². The van der Waals surface area contributed by atoms with E-state index in [4.69, 9.17) is 0 Å². The van der Waals surface area contributed by atoms with Gasteiger partial charge < -0.3 is 4.74 Å². The molecule has 182 valence electrons. The summed E-state index contributed by atoms with van der Waals surface area (Å²) >= 11 is 0. The van der Waals surface area contributed by atoms with Gasteiger partial charge in [0.2, 0.25) is 0 Å². The Balaban J connectivity index is 2.31. The Morgan fingerprint density at radius 1 is 0.839 bits per heavy atom. The summed E-state index contributed by atoms with van der Waals surface area (Å²) in [5.41, 5.74) is -9.43. The van der Waals surface area contributed by atoms with Crippen LogP contribution in [0.25, 0.3) is 0 Å². The molecular formula is C17H18F12O2. The second-order valence-corrected chi connectivity index (χ2v) is 8.28. The summed E-state index contributed by atoms with van der Waals surface area (Å²) in [6, 6.07) is 0. The SMILES string of the molecule is CC1C2CC(C1C)C(C(=O)OCCC(C(F)(F)F)(C(F)(F)F)C(F)(F)F)(C(F)(F)F)C2. The normalized spacial score (nSPS) is 32.5. The quantitative estimate of drug-likeness (QED) is 0.340. The van der Waals surface area contributed by atoms with Crippen molar-refractivity contribution in [2.75, 3.05) is 6.61 Å². The van der Waals surface area contributed by atoms with E-state index in [0.717, 1.165) is 0 Å². The molecule has 0 saturated heterocycles. The summed E-state index contributed by atoms with van der Waals surface area (Å²) in [5, 5.41) is 0. The van der Waals surface area contributed by atoms with Gasteiger partial charge in [0.15, 0.2) is 5.41 Å². The molecule has 2 saturated carbocycles. The highest BCUT2D eigenvalue weighted by Gasteiger charge is 2.83. The van der Waals surface area contributed by atoms with Gasteiger partial charge in [0.25, 0.3) is 5.41 Å². The highest BCUT2D eigenvalue weighted by molar-refractivity contribution is 5.79. The predicted molar refractivity (Wildman–Crippen MR) is 79.2 cm³/mol. The van der Waals surface area contributed by atoms with E-state index < -0.39 is 78.7 Å². The Kier molecular flexibility index (Phi) is 6.12. The average Bonchev–Trinajstić information content (AvgIpc) is 3.05. The fourth-order valence-corrected chi connectivity index (χ4v) is 5.04. The lowest BCUT2D eigenvalue weighted by Crippen LogP contribution is -2.60. The third kappa shape index (κ3) is 3.65. The smallest absolute Gasteiger partial charge is 0.412 e. The van der Waals surface area contributed by atoms with Gasteiger partial charge >= 0.3 is 30.7 Å². The Bertz CT molecular complexity index is 651. The molecule has 0 aliphatic heterocycles. The maximum atomic E-state index is 13.8. The maximum absolute atomic E-state index is 13.8. The minimum Gasteiger partial charge on any atom is -0.465 e. The molecule has 2 bridgehead atoms. The van der Waals surface area contributed by atoms with E-state index in [1.165, 1.54) is 6.92 Å². The average molecular weight is 482 g/mol. The second-order valence-electron chi connectivity index (χ2n) is 8.28. The van der Waals surface area contributed by atoms with Crippen LogP contribution in [0, 0.1) is 34.5 Å². The van der Waals surface area contributed by atoms with Gasteiger partial charge in [0, 0.05) is 6.42 Å². The van der Waals surface area contributed by atoms with Crippen molar-refractivity contribution in [3.8, 4) is 0 Å². The zero-order chi connectivity index (χ0) is 24.4. The Morgan fingerprint density at radius 2 is 1.29 bits per heavy atom. The molecule has 31 heavy (non-hydrogen) atoms. The summed E-state index contributed by atoms with van der Waals surface area (Å²) in [6.45, 7) is 0.923. The van der Waals surface area contributed by atoms with Crippen LogP contribution in [0.4, 0.5) is 52.7 Å². The first-order valence-corrected chi connectivity index (χ1v) is 9.09. The van der Waals surface area contributed by atoms with Crippen molar-refractivity contribution in [1.29, 1.82) is 0 Å². The number of esters is 1. The van der Waals surface area contributed by atoms with Crippen molar-refractivity contribution >= 4 is 5.97 Å². The lowest BCUT2D eigenvalue weighted by molar-refractivity contribution is -0.430. The first kappa shape index (κ1) is 25.9. The molecule has 2 aliphatic rings. The first-order valence-electron chi connectivity index (χ1n) is 9.09. The number of fused-ring (bicyclic) bond motifs is 2. The van der Waals surface area contributed by atoms with Crippen LogP contribution in [-0.4, -0.2) is 37.3 Å². The van der Waals surface area contributed by atoms with Crippen molar-refractivity contribution in [3.05, 3.63) is 0 Å². The Labute approximate surface area is 168 Å². The van der Waals surface area contributed by atoms with Gasteiger partial charge in [0.1, 0.15) is 0 Å². The molecule has 14 heteroatoms. The van der Waals surface area contributed by atoms with Crippen molar-refractivity contribution < 1.29 is 62.2 Å². The number of carbonyl (C=O) groups excluding carboxylic acids is 1. The molecule has 2 rings (SSSR count). The number of alkyl halides is 12. The molecule has 0 spiro atoms. The van der Waals surface area contributed by atoms with E-state index in [-0.39, 0.29) is 12.3 Å². The largest absolute Gasteiger partial charge is 0.465 e. The maximum Gasteiger partial charge on any atom is 0.412 e. The molecular weight excluding hydrogens is 464 g/mol. The molecule has 0 aromatic heterocycles. The fraction of sp³-hybridized carbons (Fsp3) is 0.941. The molecule has 2 fully saturated rings. The summed E-state index contributed by atoms with van der Waals surface area (Å²) in [5.74, 6) is -4.95. The van der Waals surface area contributed by atoms with Crippen LogP contribution in [0.5, 0.6) is 0 Å². The predicted octanol–water partition coefficient (Wildman–Crippen LogP) is 6.45. The van der Waals surface area contributed by atoms with Crippen LogP contribution >= 0.6 is 0 Å².